The maximum absolute atomic E-state index is 10.5. The molecule has 0 atom stereocenters. The van der Waals surface area contributed by atoms with Crippen LogP contribution in [0.1, 0.15) is 0 Å². The van der Waals surface area contributed by atoms with Crippen molar-refractivity contribution >= 4 is 6.09 Å². The normalized spacial score (nSPS) is 24.1. The van der Waals surface area contributed by atoms with Gasteiger partial charge in [0.1, 0.15) is 0 Å². The summed E-state index contributed by atoms with van der Waals surface area (Å²) in [6, 6.07) is 0. The van der Waals surface area contributed by atoms with Crippen molar-refractivity contribution in [1.29, 1.82) is 0 Å². The van der Waals surface area contributed by atoms with Crippen molar-refractivity contribution in [2.75, 3.05) is 33.2 Å². The zero-order valence-corrected chi connectivity index (χ0v) is 6.09. The summed E-state index contributed by atoms with van der Waals surface area (Å²) in [6.07, 6.45) is -0.971. The zero-order valence-electron chi connectivity index (χ0n) is 6.09. The van der Waals surface area contributed by atoms with E-state index in [1.54, 1.807) is 7.05 Å². The van der Waals surface area contributed by atoms with Crippen LogP contribution in [0.25, 0.3) is 0 Å². The number of rotatable bonds is 0. The molecule has 0 aromatic carbocycles. The van der Waals surface area contributed by atoms with Gasteiger partial charge < -0.3 is 15.2 Å². The van der Waals surface area contributed by atoms with Crippen LogP contribution < -0.4 is 10.4 Å². The third kappa shape index (κ3) is 1.27. The van der Waals surface area contributed by atoms with E-state index in [0.29, 0.717) is 13.1 Å². The van der Waals surface area contributed by atoms with Crippen molar-refractivity contribution in [1.82, 2.24) is 5.32 Å². The molecule has 0 aromatic heterocycles. The molecule has 1 amide bonds. The number of quaternary nitrogens is 1. The fourth-order valence-corrected chi connectivity index (χ4v) is 1.07. The molecule has 0 aromatic rings. The third-order valence-electron chi connectivity index (χ3n) is 2.00. The van der Waals surface area contributed by atoms with Crippen molar-refractivity contribution in [2.45, 2.75) is 0 Å². The molecule has 1 saturated heterocycles. The summed E-state index contributed by atoms with van der Waals surface area (Å²) in [7, 11) is 1.69. The van der Waals surface area contributed by atoms with E-state index < -0.39 is 6.09 Å². The monoisotopic (exact) mass is 144 g/mol. The SMILES string of the molecule is C[N+]1(C(=O)[O-])CCNCC1. The van der Waals surface area contributed by atoms with Crippen LogP contribution >= 0.6 is 0 Å². The molecule has 4 nitrogen and oxygen atoms in total. The molecule has 1 heterocycles. The second-order valence-corrected chi connectivity index (χ2v) is 2.86. The van der Waals surface area contributed by atoms with Crippen LogP contribution in [0.15, 0.2) is 0 Å². The Labute approximate surface area is 60.0 Å². The van der Waals surface area contributed by atoms with Crippen LogP contribution in [0.2, 0.25) is 0 Å². The molecule has 1 fully saturated rings. The van der Waals surface area contributed by atoms with Crippen LogP contribution in [0.4, 0.5) is 4.79 Å². The van der Waals surface area contributed by atoms with Gasteiger partial charge in [-0.25, -0.2) is 0 Å². The van der Waals surface area contributed by atoms with E-state index in [4.69, 9.17) is 0 Å². The first-order valence-electron chi connectivity index (χ1n) is 3.42. The van der Waals surface area contributed by atoms with Crippen molar-refractivity contribution in [2.24, 2.45) is 0 Å². The van der Waals surface area contributed by atoms with Gasteiger partial charge >= 0.3 is 0 Å². The molecule has 0 unspecified atom stereocenters. The molecule has 1 rings (SSSR count). The van der Waals surface area contributed by atoms with E-state index in [1.807, 2.05) is 0 Å². The number of carbonyl (C=O) groups is 1. The summed E-state index contributed by atoms with van der Waals surface area (Å²) >= 11 is 0. The molecular weight excluding hydrogens is 132 g/mol. The Morgan fingerprint density at radius 2 is 2.00 bits per heavy atom. The van der Waals surface area contributed by atoms with Gasteiger partial charge in [0.15, 0.2) is 0 Å². The standard InChI is InChI=1S/C6H12N2O2/c1-8(6(9)10)4-2-7-3-5-8/h7H,2-5H2,1H3. The van der Waals surface area contributed by atoms with Gasteiger partial charge in [-0.05, 0) is 0 Å². The number of carboxylic acid groups (broad SMARTS) is 1. The van der Waals surface area contributed by atoms with Gasteiger partial charge in [0.2, 0.25) is 0 Å². The molecule has 4 heteroatoms. The first kappa shape index (κ1) is 7.50. The molecule has 10 heavy (non-hydrogen) atoms. The van der Waals surface area contributed by atoms with E-state index in [-0.39, 0.29) is 4.48 Å². The van der Waals surface area contributed by atoms with Gasteiger partial charge in [0.05, 0.1) is 20.1 Å². The van der Waals surface area contributed by atoms with Gasteiger partial charge in [-0.3, -0.25) is 4.48 Å². The molecule has 58 valence electrons. The minimum absolute atomic E-state index is 0.0486. The molecule has 0 spiro atoms. The number of piperazine rings is 1. The van der Waals surface area contributed by atoms with Crippen molar-refractivity contribution in [3.8, 4) is 0 Å². The second-order valence-electron chi connectivity index (χ2n) is 2.86. The highest BCUT2D eigenvalue weighted by molar-refractivity contribution is 5.53. The number of nitrogens with zero attached hydrogens (tertiary/aromatic N) is 1. The minimum atomic E-state index is -0.971. The van der Waals surface area contributed by atoms with Gasteiger partial charge in [0, 0.05) is 13.1 Å². The lowest BCUT2D eigenvalue weighted by atomic mass is 10.3. The zero-order chi connectivity index (χ0) is 7.61. The summed E-state index contributed by atoms with van der Waals surface area (Å²) < 4.78 is 0.0486. The molecule has 1 N–H and O–H groups in total. The molecule has 0 saturated carbocycles. The lowest BCUT2D eigenvalue weighted by molar-refractivity contribution is -0.859. The van der Waals surface area contributed by atoms with E-state index in [0.717, 1.165) is 13.1 Å². The highest BCUT2D eigenvalue weighted by atomic mass is 16.4. The van der Waals surface area contributed by atoms with Crippen LogP contribution in [0.3, 0.4) is 0 Å². The predicted molar refractivity (Wildman–Crippen MR) is 34.2 cm³/mol. The summed E-state index contributed by atoms with van der Waals surface area (Å²) in [4.78, 5) is 10.5. The lowest BCUT2D eigenvalue weighted by Crippen LogP contribution is -2.63. The highest BCUT2D eigenvalue weighted by Crippen LogP contribution is 2.02. The Bertz CT molecular complexity index is 141. The fourth-order valence-electron chi connectivity index (χ4n) is 1.07. The number of carbonyl (C=O) groups excluding carboxylic acids is 1. The summed E-state index contributed by atoms with van der Waals surface area (Å²) in [6.45, 7) is 2.79. The number of hydrogen-bond acceptors (Lipinski definition) is 3. The van der Waals surface area contributed by atoms with Crippen molar-refractivity contribution in [3.63, 3.8) is 0 Å². The topological polar surface area (TPSA) is 52.2 Å². The summed E-state index contributed by atoms with van der Waals surface area (Å²) in [5.74, 6) is 0. The summed E-state index contributed by atoms with van der Waals surface area (Å²) in [5.41, 5.74) is 0. The minimum Gasteiger partial charge on any atom is -0.498 e. The van der Waals surface area contributed by atoms with E-state index in [1.165, 1.54) is 0 Å². The molecular formula is C6H12N2O2. The first-order chi connectivity index (χ1) is 4.65. The first-order valence-corrected chi connectivity index (χ1v) is 3.42. The molecule has 1 aliphatic heterocycles. The number of nitrogens with one attached hydrogen (secondary N) is 1. The maximum atomic E-state index is 10.5. The Hall–Kier alpha value is -0.610. The number of amides is 1. The van der Waals surface area contributed by atoms with Gasteiger partial charge in [-0.1, -0.05) is 0 Å². The van der Waals surface area contributed by atoms with Gasteiger partial charge in [0.25, 0.3) is 6.09 Å². The van der Waals surface area contributed by atoms with Crippen LogP contribution in [0, 0.1) is 0 Å². The van der Waals surface area contributed by atoms with Crippen LogP contribution in [-0.4, -0.2) is 43.8 Å². The van der Waals surface area contributed by atoms with Gasteiger partial charge in [-0.2, -0.15) is 0 Å². The van der Waals surface area contributed by atoms with Gasteiger partial charge in [-0.15, -0.1) is 0 Å². The Morgan fingerprint density at radius 1 is 1.50 bits per heavy atom. The smallest absolute Gasteiger partial charge is 0.257 e. The molecule has 1 aliphatic rings. The average molecular weight is 144 g/mol. The lowest BCUT2D eigenvalue weighted by Gasteiger charge is -2.36. The maximum Gasteiger partial charge on any atom is 0.257 e. The van der Waals surface area contributed by atoms with E-state index >= 15 is 0 Å². The third-order valence-corrected chi connectivity index (χ3v) is 2.00. The molecule has 0 bridgehead atoms. The predicted octanol–water partition coefficient (Wildman–Crippen LogP) is -1.62. The summed E-state index contributed by atoms with van der Waals surface area (Å²) in [5, 5.41) is 13.6. The van der Waals surface area contributed by atoms with Crippen LogP contribution in [-0.2, 0) is 0 Å². The second kappa shape index (κ2) is 2.56. The average Bonchev–Trinajstić information content (AvgIpc) is 1.89. The Kier molecular flexibility index (Phi) is 1.92. The molecule has 0 aliphatic carbocycles. The van der Waals surface area contributed by atoms with E-state index in [2.05, 4.69) is 5.32 Å². The molecule has 0 radical (unpaired) electrons. The fraction of sp³-hybridized carbons (Fsp3) is 0.833. The van der Waals surface area contributed by atoms with E-state index in [9.17, 15) is 9.90 Å². The highest BCUT2D eigenvalue weighted by Gasteiger charge is 2.26. The largest absolute Gasteiger partial charge is 0.498 e. The quantitative estimate of drug-likeness (QED) is 0.416. The van der Waals surface area contributed by atoms with Crippen molar-refractivity contribution < 1.29 is 14.4 Å². The number of hydrogen-bond donors (Lipinski definition) is 1. The Balaban J connectivity index is 2.56. The Morgan fingerprint density at radius 3 is 2.30 bits per heavy atom. The van der Waals surface area contributed by atoms with Crippen molar-refractivity contribution in [3.05, 3.63) is 0 Å². The number of likely N-dealkylation sites (N-methyl/N-ethyl adjacent to an activating group) is 1. The van der Waals surface area contributed by atoms with Crippen LogP contribution in [0.5, 0.6) is 0 Å².